The lowest BCUT2D eigenvalue weighted by Gasteiger charge is -2.14. The Morgan fingerprint density at radius 1 is 1.13 bits per heavy atom. The molecule has 0 saturated carbocycles. The number of aliphatic carboxylic acids is 1. The standard InChI is InChI=1S/C16H12F4O3/c1-23-14-5-2-9(7-15(21)22)6-12(14)11-8-10(16(18,19)20)3-4-13(11)17/h2-6,8H,7H2,1H3,(H,21,22). The number of alkyl halides is 3. The van der Waals surface area contributed by atoms with E-state index in [9.17, 15) is 22.4 Å². The van der Waals surface area contributed by atoms with Gasteiger partial charge in [0, 0.05) is 11.1 Å². The fourth-order valence-electron chi connectivity index (χ4n) is 2.16. The SMILES string of the molecule is COc1ccc(CC(=O)O)cc1-c1cc(C(F)(F)F)ccc1F. The molecule has 0 bridgehead atoms. The molecule has 0 aliphatic carbocycles. The third-order valence-corrected chi connectivity index (χ3v) is 3.20. The van der Waals surface area contributed by atoms with E-state index in [4.69, 9.17) is 9.84 Å². The first-order chi connectivity index (χ1) is 10.7. The van der Waals surface area contributed by atoms with Crippen LogP contribution in [0.5, 0.6) is 5.75 Å². The molecule has 0 amide bonds. The van der Waals surface area contributed by atoms with Crippen LogP contribution in [0.15, 0.2) is 36.4 Å². The Kier molecular flexibility index (Phi) is 4.58. The minimum absolute atomic E-state index is 0.0647. The summed E-state index contributed by atoms with van der Waals surface area (Å²) in [4.78, 5) is 10.8. The highest BCUT2D eigenvalue weighted by atomic mass is 19.4. The second-order valence-electron chi connectivity index (χ2n) is 4.80. The fourth-order valence-corrected chi connectivity index (χ4v) is 2.16. The maximum Gasteiger partial charge on any atom is 0.416 e. The van der Waals surface area contributed by atoms with Crippen molar-refractivity contribution in [2.75, 3.05) is 7.11 Å². The van der Waals surface area contributed by atoms with Gasteiger partial charge < -0.3 is 9.84 Å². The summed E-state index contributed by atoms with van der Waals surface area (Å²) in [5, 5.41) is 8.81. The van der Waals surface area contributed by atoms with Crippen molar-refractivity contribution in [2.24, 2.45) is 0 Å². The largest absolute Gasteiger partial charge is 0.496 e. The van der Waals surface area contributed by atoms with E-state index in [0.29, 0.717) is 17.7 Å². The van der Waals surface area contributed by atoms with E-state index in [1.165, 1.54) is 25.3 Å². The predicted molar refractivity (Wildman–Crippen MR) is 74.7 cm³/mol. The summed E-state index contributed by atoms with van der Waals surface area (Å²) in [6, 6.07) is 6.21. The Balaban J connectivity index is 2.62. The smallest absolute Gasteiger partial charge is 0.416 e. The van der Waals surface area contributed by atoms with Crippen molar-refractivity contribution in [1.29, 1.82) is 0 Å². The van der Waals surface area contributed by atoms with Crippen molar-refractivity contribution in [3.63, 3.8) is 0 Å². The highest BCUT2D eigenvalue weighted by Gasteiger charge is 2.31. The van der Waals surface area contributed by atoms with Crippen molar-refractivity contribution in [2.45, 2.75) is 12.6 Å². The molecule has 0 spiro atoms. The number of hydrogen-bond acceptors (Lipinski definition) is 2. The van der Waals surface area contributed by atoms with Gasteiger partial charge in [-0.15, -0.1) is 0 Å². The quantitative estimate of drug-likeness (QED) is 0.858. The van der Waals surface area contributed by atoms with Gasteiger partial charge in [-0.1, -0.05) is 6.07 Å². The zero-order chi connectivity index (χ0) is 17.2. The van der Waals surface area contributed by atoms with Gasteiger partial charge in [0.15, 0.2) is 0 Å². The van der Waals surface area contributed by atoms with E-state index in [1.807, 2.05) is 0 Å². The van der Waals surface area contributed by atoms with E-state index in [2.05, 4.69) is 0 Å². The average molecular weight is 328 g/mol. The van der Waals surface area contributed by atoms with Crippen LogP contribution >= 0.6 is 0 Å². The molecule has 2 rings (SSSR count). The number of carboxylic acids is 1. The second-order valence-corrected chi connectivity index (χ2v) is 4.80. The van der Waals surface area contributed by atoms with Crippen LogP contribution in [0.25, 0.3) is 11.1 Å². The van der Waals surface area contributed by atoms with Gasteiger partial charge in [0.1, 0.15) is 11.6 Å². The molecule has 0 atom stereocenters. The second kappa shape index (κ2) is 6.28. The van der Waals surface area contributed by atoms with Crippen molar-refractivity contribution >= 4 is 5.97 Å². The van der Waals surface area contributed by atoms with Crippen molar-refractivity contribution in [3.8, 4) is 16.9 Å². The van der Waals surface area contributed by atoms with E-state index < -0.39 is 23.5 Å². The first-order valence-electron chi connectivity index (χ1n) is 6.48. The molecule has 2 aromatic carbocycles. The molecule has 0 radical (unpaired) electrons. The minimum Gasteiger partial charge on any atom is -0.496 e. The number of benzene rings is 2. The molecular formula is C16H12F4O3. The van der Waals surface area contributed by atoms with E-state index in [1.54, 1.807) is 0 Å². The molecule has 0 aromatic heterocycles. The lowest BCUT2D eigenvalue weighted by atomic mass is 9.98. The Morgan fingerprint density at radius 3 is 2.39 bits per heavy atom. The summed E-state index contributed by atoms with van der Waals surface area (Å²) in [7, 11) is 1.29. The molecule has 0 saturated heterocycles. The van der Waals surface area contributed by atoms with Crippen molar-refractivity contribution in [3.05, 3.63) is 53.3 Å². The summed E-state index contributed by atoms with van der Waals surface area (Å²) in [5.74, 6) is -1.81. The molecule has 122 valence electrons. The molecule has 0 unspecified atom stereocenters. The lowest BCUT2D eigenvalue weighted by molar-refractivity contribution is -0.138. The topological polar surface area (TPSA) is 46.5 Å². The predicted octanol–water partition coefficient (Wildman–Crippen LogP) is 4.15. The molecule has 0 aliphatic heterocycles. The maximum atomic E-state index is 14.0. The van der Waals surface area contributed by atoms with E-state index in [0.717, 1.165) is 6.07 Å². The fraction of sp³-hybridized carbons (Fsp3) is 0.188. The number of hydrogen-bond donors (Lipinski definition) is 1. The average Bonchev–Trinajstić information content (AvgIpc) is 2.46. The third kappa shape index (κ3) is 3.80. The summed E-state index contributed by atoms with van der Waals surface area (Å²) < 4.78 is 57.5. The molecule has 0 fully saturated rings. The Hall–Kier alpha value is -2.57. The monoisotopic (exact) mass is 328 g/mol. The van der Waals surface area contributed by atoms with Crippen LogP contribution in [0, 0.1) is 5.82 Å². The Bertz CT molecular complexity index is 739. The first-order valence-corrected chi connectivity index (χ1v) is 6.48. The Labute approximate surface area is 129 Å². The number of ether oxygens (including phenoxy) is 1. The molecule has 7 heteroatoms. The molecule has 0 aliphatic rings. The number of halogens is 4. The van der Waals surface area contributed by atoms with Gasteiger partial charge in [-0.2, -0.15) is 13.2 Å². The number of carbonyl (C=O) groups is 1. The summed E-state index contributed by atoms with van der Waals surface area (Å²) in [6.07, 6.45) is -4.95. The van der Waals surface area contributed by atoms with Gasteiger partial charge >= 0.3 is 12.1 Å². The van der Waals surface area contributed by atoms with Crippen LogP contribution in [0.4, 0.5) is 17.6 Å². The van der Waals surface area contributed by atoms with Crippen LogP contribution in [-0.2, 0) is 17.4 Å². The van der Waals surface area contributed by atoms with Gasteiger partial charge in [0.2, 0.25) is 0 Å². The van der Waals surface area contributed by atoms with Crippen LogP contribution in [0.3, 0.4) is 0 Å². The van der Waals surface area contributed by atoms with Crippen LogP contribution in [0.1, 0.15) is 11.1 Å². The minimum atomic E-state index is -4.62. The maximum absolute atomic E-state index is 14.0. The molecule has 0 heterocycles. The van der Waals surface area contributed by atoms with Crippen LogP contribution < -0.4 is 4.74 Å². The van der Waals surface area contributed by atoms with Crippen molar-refractivity contribution < 1.29 is 32.2 Å². The van der Waals surface area contributed by atoms with Gasteiger partial charge in [-0.05, 0) is 35.9 Å². The van der Waals surface area contributed by atoms with E-state index in [-0.39, 0.29) is 23.3 Å². The van der Waals surface area contributed by atoms with E-state index >= 15 is 0 Å². The zero-order valence-electron chi connectivity index (χ0n) is 11.9. The normalized spacial score (nSPS) is 11.3. The highest BCUT2D eigenvalue weighted by Crippen LogP contribution is 2.37. The molecule has 23 heavy (non-hydrogen) atoms. The molecule has 1 N–H and O–H groups in total. The number of carboxylic acid groups (broad SMARTS) is 1. The van der Waals surface area contributed by atoms with Crippen molar-refractivity contribution in [1.82, 2.24) is 0 Å². The lowest BCUT2D eigenvalue weighted by Crippen LogP contribution is -2.06. The van der Waals surface area contributed by atoms with Crippen LogP contribution in [0.2, 0.25) is 0 Å². The van der Waals surface area contributed by atoms with Gasteiger partial charge in [0.05, 0.1) is 19.1 Å². The van der Waals surface area contributed by atoms with Gasteiger partial charge in [-0.3, -0.25) is 4.79 Å². The summed E-state index contributed by atoms with van der Waals surface area (Å²) >= 11 is 0. The molecular weight excluding hydrogens is 316 g/mol. The molecule has 3 nitrogen and oxygen atoms in total. The van der Waals surface area contributed by atoms with Crippen LogP contribution in [-0.4, -0.2) is 18.2 Å². The summed E-state index contributed by atoms with van der Waals surface area (Å²) in [5.41, 5.74) is -0.913. The summed E-state index contributed by atoms with van der Waals surface area (Å²) in [6.45, 7) is 0. The number of methoxy groups -OCH3 is 1. The molecule has 2 aromatic rings. The number of rotatable bonds is 4. The van der Waals surface area contributed by atoms with Gasteiger partial charge in [-0.25, -0.2) is 4.39 Å². The zero-order valence-corrected chi connectivity index (χ0v) is 11.9. The van der Waals surface area contributed by atoms with Gasteiger partial charge in [0.25, 0.3) is 0 Å². The first kappa shape index (κ1) is 16.8. The highest BCUT2D eigenvalue weighted by molar-refractivity contribution is 5.75. The third-order valence-electron chi connectivity index (χ3n) is 3.20. The Morgan fingerprint density at radius 2 is 1.83 bits per heavy atom.